The minimum Gasteiger partial charge on any atom is -0.356 e. The second kappa shape index (κ2) is 8.81. The molecule has 1 fully saturated rings. The highest BCUT2D eigenvalue weighted by Crippen LogP contribution is 2.33. The Bertz CT molecular complexity index is 821. The number of anilines is 1. The van der Waals surface area contributed by atoms with Gasteiger partial charge in [-0.15, -0.1) is 0 Å². The third-order valence-corrected chi connectivity index (χ3v) is 5.25. The van der Waals surface area contributed by atoms with Crippen molar-refractivity contribution in [3.05, 3.63) is 47.2 Å². The highest BCUT2D eigenvalue weighted by Gasteiger charge is 2.34. The fraction of sp³-hybridized carbons (Fsp3) is 0.421. The molecule has 1 N–H and O–H groups in total. The first kappa shape index (κ1) is 20.4. The van der Waals surface area contributed by atoms with Gasteiger partial charge in [-0.1, -0.05) is 23.9 Å². The molecule has 150 valence electrons. The summed E-state index contributed by atoms with van der Waals surface area (Å²) >= 11 is 1.15. The van der Waals surface area contributed by atoms with Crippen molar-refractivity contribution in [3.8, 4) is 0 Å². The Kier molecular flexibility index (Phi) is 6.43. The van der Waals surface area contributed by atoms with Gasteiger partial charge in [0.15, 0.2) is 10.9 Å². The normalized spacial score (nSPS) is 14.4. The monoisotopic (exact) mass is 410 g/mol. The van der Waals surface area contributed by atoms with E-state index in [1.807, 2.05) is 11.8 Å². The van der Waals surface area contributed by atoms with Crippen LogP contribution in [0.15, 0.2) is 35.5 Å². The molecule has 2 heterocycles. The van der Waals surface area contributed by atoms with Crippen LogP contribution >= 0.6 is 11.8 Å². The molecule has 1 amide bonds. The maximum atomic E-state index is 13.2. The van der Waals surface area contributed by atoms with Crippen molar-refractivity contribution in [2.45, 2.75) is 36.9 Å². The van der Waals surface area contributed by atoms with Crippen LogP contribution in [0.1, 0.15) is 41.4 Å². The third-order valence-electron chi connectivity index (χ3n) is 4.33. The van der Waals surface area contributed by atoms with E-state index in [0.717, 1.165) is 36.2 Å². The largest absolute Gasteiger partial charge is 0.433 e. The van der Waals surface area contributed by atoms with Crippen LogP contribution in [0.2, 0.25) is 0 Å². The molecule has 0 unspecified atom stereocenters. The predicted octanol–water partition coefficient (Wildman–Crippen LogP) is 4.14. The van der Waals surface area contributed by atoms with Crippen LogP contribution in [0, 0.1) is 0 Å². The van der Waals surface area contributed by atoms with Crippen LogP contribution < -0.4 is 10.2 Å². The van der Waals surface area contributed by atoms with Gasteiger partial charge in [0, 0.05) is 37.0 Å². The summed E-state index contributed by atoms with van der Waals surface area (Å²) in [7, 11) is 0. The standard InChI is InChI=1S/C19H21F3N4OS/c1-2-23-17(27)14-7-5-13(6-8-14)12-28-18-24-15(19(20,21)22)11-16(25-18)26-9-3-4-10-26/h5-8,11H,2-4,9-10,12H2,1H3,(H,23,27). The summed E-state index contributed by atoms with van der Waals surface area (Å²) in [6.45, 7) is 3.80. The average molecular weight is 410 g/mol. The lowest BCUT2D eigenvalue weighted by Gasteiger charge is -2.18. The zero-order valence-electron chi connectivity index (χ0n) is 15.4. The van der Waals surface area contributed by atoms with Crippen LogP contribution in [-0.2, 0) is 11.9 Å². The molecule has 1 aromatic carbocycles. The summed E-state index contributed by atoms with van der Waals surface area (Å²) < 4.78 is 39.7. The number of aromatic nitrogens is 2. The molecular weight excluding hydrogens is 389 g/mol. The first-order valence-corrected chi connectivity index (χ1v) is 10.1. The summed E-state index contributed by atoms with van der Waals surface area (Å²) in [4.78, 5) is 21.7. The molecule has 0 spiro atoms. The number of hydrogen-bond acceptors (Lipinski definition) is 5. The Labute approximate surface area is 165 Å². The fourth-order valence-corrected chi connectivity index (χ4v) is 3.70. The molecule has 2 aromatic rings. The average Bonchev–Trinajstić information content (AvgIpc) is 3.21. The molecule has 1 aromatic heterocycles. The summed E-state index contributed by atoms with van der Waals surface area (Å²) in [5, 5.41) is 2.82. The number of nitrogens with one attached hydrogen (secondary N) is 1. The molecule has 5 nitrogen and oxygen atoms in total. The van der Waals surface area contributed by atoms with Gasteiger partial charge in [-0.05, 0) is 37.5 Å². The predicted molar refractivity (Wildman–Crippen MR) is 102 cm³/mol. The number of carbonyl (C=O) groups excluding carboxylic acids is 1. The van der Waals surface area contributed by atoms with Gasteiger partial charge in [0.1, 0.15) is 5.82 Å². The highest BCUT2D eigenvalue weighted by atomic mass is 32.2. The molecule has 3 rings (SSSR count). The summed E-state index contributed by atoms with van der Waals surface area (Å²) in [5.74, 6) is 0.586. The highest BCUT2D eigenvalue weighted by molar-refractivity contribution is 7.98. The topological polar surface area (TPSA) is 58.1 Å². The number of rotatable bonds is 6. The van der Waals surface area contributed by atoms with E-state index in [2.05, 4.69) is 15.3 Å². The number of halogens is 3. The molecule has 0 aliphatic carbocycles. The maximum Gasteiger partial charge on any atom is 0.433 e. The van der Waals surface area contributed by atoms with Gasteiger partial charge in [-0.25, -0.2) is 9.97 Å². The Morgan fingerprint density at radius 1 is 1.18 bits per heavy atom. The molecule has 28 heavy (non-hydrogen) atoms. The number of benzene rings is 1. The molecule has 0 radical (unpaired) electrons. The zero-order valence-corrected chi connectivity index (χ0v) is 16.2. The van der Waals surface area contributed by atoms with E-state index < -0.39 is 11.9 Å². The van der Waals surface area contributed by atoms with Gasteiger partial charge >= 0.3 is 6.18 Å². The van der Waals surface area contributed by atoms with Crippen LogP contribution in [0.5, 0.6) is 0 Å². The Balaban J connectivity index is 1.74. The van der Waals surface area contributed by atoms with E-state index in [9.17, 15) is 18.0 Å². The van der Waals surface area contributed by atoms with Crippen molar-refractivity contribution < 1.29 is 18.0 Å². The molecule has 1 aliphatic rings. The lowest BCUT2D eigenvalue weighted by molar-refractivity contribution is -0.141. The number of nitrogens with zero attached hydrogens (tertiary/aromatic N) is 3. The maximum absolute atomic E-state index is 13.2. The SMILES string of the molecule is CCNC(=O)c1ccc(CSc2nc(N3CCCC3)cc(C(F)(F)F)n2)cc1. The summed E-state index contributed by atoms with van der Waals surface area (Å²) in [5.41, 5.74) is 0.502. The quantitative estimate of drug-likeness (QED) is 0.573. The molecular formula is C19H21F3N4OS. The van der Waals surface area contributed by atoms with Crippen molar-refractivity contribution in [1.82, 2.24) is 15.3 Å². The van der Waals surface area contributed by atoms with Crippen molar-refractivity contribution in [3.63, 3.8) is 0 Å². The van der Waals surface area contributed by atoms with Crippen LogP contribution in [0.4, 0.5) is 19.0 Å². The van der Waals surface area contributed by atoms with Crippen molar-refractivity contribution in [2.75, 3.05) is 24.5 Å². The second-order valence-corrected chi connectivity index (χ2v) is 7.37. The molecule has 0 bridgehead atoms. The van der Waals surface area contributed by atoms with Gasteiger partial charge in [0.25, 0.3) is 5.91 Å². The van der Waals surface area contributed by atoms with E-state index in [-0.39, 0.29) is 11.1 Å². The first-order valence-electron chi connectivity index (χ1n) is 9.08. The first-order chi connectivity index (χ1) is 13.4. The number of hydrogen-bond donors (Lipinski definition) is 1. The van der Waals surface area contributed by atoms with Gasteiger partial charge in [-0.2, -0.15) is 13.2 Å². The molecule has 0 saturated carbocycles. The smallest absolute Gasteiger partial charge is 0.356 e. The van der Waals surface area contributed by atoms with E-state index >= 15 is 0 Å². The molecule has 0 atom stereocenters. The minimum atomic E-state index is -4.51. The summed E-state index contributed by atoms with van der Waals surface area (Å²) in [6, 6.07) is 7.99. The lowest BCUT2D eigenvalue weighted by Crippen LogP contribution is -2.22. The zero-order chi connectivity index (χ0) is 20.1. The molecule has 1 saturated heterocycles. The van der Waals surface area contributed by atoms with Gasteiger partial charge in [0.2, 0.25) is 0 Å². The third kappa shape index (κ3) is 5.15. The Morgan fingerprint density at radius 3 is 2.46 bits per heavy atom. The van der Waals surface area contributed by atoms with Crippen LogP contribution in [0.3, 0.4) is 0 Å². The van der Waals surface area contributed by atoms with E-state index in [1.165, 1.54) is 0 Å². The van der Waals surface area contributed by atoms with Crippen LogP contribution in [-0.4, -0.2) is 35.5 Å². The van der Waals surface area contributed by atoms with E-state index in [4.69, 9.17) is 0 Å². The van der Waals surface area contributed by atoms with E-state index in [1.54, 1.807) is 24.3 Å². The molecule has 1 aliphatic heterocycles. The van der Waals surface area contributed by atoms with E-state index in [0.29, 0.717) is 36.8 Å². The Morgan fingerprint density at radius 2 is 1.86 bits per heavy atom. The van der Waals surface area contributed by atoms with Crippen molar-refractivity contribution in [2.24, 2.45) is 0 Å². The molecule has 9 heteroatoms. The summed E-state index contributed by atoms with van der Waals surface area (Å²) in [6.07, 6.45) is -2.61. The Hall–Kier alpha value is -2.29. The second-order valence-electron chi connectivity index (χ2n) is 6.43. The van der Waals surface area contributed by atoms with Gasteiger partial charge < -0.3 is 10.2 Å². The van der Waals surface area contributed by atoms with Gasteiger partial charge in [-0.3, -0.25) is 4.79 Å². The van der Waals surface area contributed by atoms with Crippen molar-refractivity contribution in [1.29, 1.82) is 0 Å². The number of carbonyl (C=O) groups is 1. The number of thioether (sulfide) groups is 1. The fourth-order valence-electron chi connectivity index (χ4n) is 2.89. The van der Waals surface area contributed by atoms with Crippen LogP contribution in [0.25, 0.3) is 0 Å². The lowest BCUT2D eigenvalue weighted by atomic mass is 10.1. The van der Waals surface area contributed by atoms with Gasteiger partial charge in [0.05, 0.1) is 0 Å². The number of amides is 1. The van der Waals surface area contributed by atoms with Crippen molar-refractivity contribution >= 4 is 23.5 Å². The minimum absolute atomic E-state index is 0.101. The number of alkyl halides is 3.